The van der Waals surface area contributed by atoms with Crippen molar-refractivity contribution < 1.29 is 15.0 Å². The second kappa shape index (κ2) is 4.21. The van der Waals surface area contributed by atoms with Crippen LogP contribution in [0.5, 0.6) is 0 Å². The molecule has 0 spiro atoms. The van der Waals surface area contributed by atoms with Crippen molar-refractivity contribution in [2.45, 2.75) is 19.6 Å². The van der Waals surface area contributed by atoms with Gasteiger partial charge in [0.05, 0.1) is 6.61 Å². The van der Waals surface area contributed by atoms with Crippen molar-refractivity contribution in [3.05, 3.63) is 34.9 Å². The predicted octanol–water partition coefficient (Wildman–Crippen LogP) is 0.572. The van der Waals surface area contributed by atoms with Crippen LogP contribution in [0.15, 0.2) is 18.2 Å². The van der Waals surface area contributed by atoms with Crippen LogP contribution >= 0.6 is 0 Å². The van der Waals surface area contributed by atoms with Gasteiger partial charge in [0.25, 0.3) is 0 Å². The van der Waals surface area contributed by atoms with Gasteiger partial charge in [-0.3, -0.25) is 4.79 Å². The maximum atomic E-state index is 10.7. The summed E-state index contributed by atoms with van der Waals surface area (Å²) in [4.78, 5) is 10.7. The Balaban J connectivity index is 3.16. The van der Waals surface area contributed by atoms with E-state index in [0.29, 0.717) is 11.1 Å². The molecule has 0 aromatic heterocycles. The second-order valence-corrected chi connectivity index (χ2v) is 3.18. The molecular weight excluding hydrogens is 182 g/mol. The molecule has 1 aromatic carbocycles. The number of hydrogen-bond donors (Lipinski definition) is 3. The molecule has 1 atom stereocenters. The van der Waals surface area contributed by atoms with Crippen molar-refractivity contribution in [2.24, 2.45) is 5.73 Å². The third-order valence-electron chi connectivity index (χ3n) is 2.07. The molecule has 14 heavy (non-hydrogen) atoms. The molecule has 1 rings (SSSR count). The molecule has 0 saturated carbocycles. The minimum Gasteiger partial charge on any atom is -0.480 e. The molecule has 0 aliphatic heterocycles. The predicted molar refractivity (Wildman–Crippen MR) is 51.7 cm³/mol. The fraction of sp³-hybridized carbons (Fsp3) is 0.300. The summed E-state index contributed by atoms with van der Waals surface area (Å²) < 4.78 is 0. The van der Waals surface area contributed by atoms with E-state index in [-0.39, 0.29) is 6.61 Å². The number of carbonyl (C=O) groups is 1. The average molecular weight is 195 g/mol. The van der Waals surface area contributed by atoms with Crippen LogP contribution in [0.25, 0.3) is 0 Å². The molecule has 1 aromatic rings. The minimum absolute atomic E-state index is 0.198. The molecule has 76 valence electrons. The zero-order valence-electron chi connectivity index (χ0n) is 7.90. The number of aliphatic carboxylic acids is 1. The minimum atomic E-state index is -1.09. The summed E-state index contributed by atoms with van der Waals surface area (Å²) in [6.07, 6.45) is 0. The van der Waals surface area contributed by atoms with Crippen LogP contribution in [-0.2, 0) is 11.4 Å². The van der Waals surface area contributed by atoms with E-state index in [2.05, 4.69) is 0 Å². The molecule has 0 amide bonds. The van der Waals surface area contributed by atoms with Gasteiger partial charge in [0.2, 0.25) is 0 Å². The highest BCUT2D eigenvalue weighted by molar-refractivity contribution is 5.75. The maximum absolute atomic E-state index is 10.7. The number of aliphatic hydroxyl groups excluding tert-OH is 1. The van der Waals surface area contributed by atoms with Gasteiger partial charge in [-0.15, -0.1) is 0 Å². The first kappa shape index (κ1) is 10.7. The van der Waals surface area contributed by atoms with Crippen LogP contribution < -0.4 is 5.73 Å². The topological polar surface area (TPSA) is 83.5 Å². The lowest BCUT2D eigenvalue weighted by Gasteiger charge is -2.12. The van der Waals surface area contributed by atoms with E-state index in [1.54, 1.807) is 12.1 Å². The van der Waals surface area contributed by atoms with Gasteiger partial charge in [-0.1, -0.05) is 23.8 Å². The van der Waals surface area contributed by atoms with Crippen LogP contribution in [-0.4, -0.2) is 16.2 Å². The van der Waals surface area contributed by atoms with Crippen molar-refractivity contribution in [3.8, 4) is 0 Å². The van der Waals surface area contributed by atoms with E-state index >= 15 is 0 Å². The lowest BCUT2D eigenvalue weighted by Crippen LogP contribution is -2.22. The van der Waals surface area contributed by atoms with E-state index in [0.717, 1.165) is 5.56 Å². The van der Waals surface area contributed by atoms with Crippen LogP contribution in [0.2, 0.25) is 0 Å². The molecule has 0 radical (unpaired) electrons. The zero-order valence-corrected chi connectivity index (χ0v) is 7.90. The van der Waals surface area contributed by atoms with E-state index in [9.17, 15) is 4.79 Å². The maximum Gasteiger partial charge on any atom is 0.325 e. The molecule has 0 saturated heterocycles. The third kappa shape index (κ3) is 2.10. The molecule has 4 heteroatoms. The summed E-state index contributed by atoms with van der Waals surface area (Å²) >= 11 is 0. The lowest BCUT2D eigenvalue weighted by atomic mass is 9.99. The third-order valence-corrected chi connectivity index (χ3v) is 2.07. The quantitative estimate of drug-likeness (QED) is 0.658. The Hall–Kier alpha value is -1.39. The summed E-state index contributed by atoms with van der Waals surface area (Å²) in [6, 6.07) is 4.11. The van der Waals surface area contributed by atoms with Crippen molar-refractivity contribution in [3.63, 3.8) is 0 Å². The Morgan fingerprint density at radius 3 is 2.71 bits per heavy atom. The number of benzene rings is 1. The molecule has 4 nitrogen and oxygen atoms in total. The smallest absolute Gasteiger partial charge is 0.325 e. The van der Waals surface area contributed by atoms with Gasteiger partial charge in [-0.05, 0) is 18.1 Å². The average Bonchev–Trinajstić information content (AvgIpc) is 2.16. The van der Waals surface area contributed by atoms with Gasteiger partial charge < -0.3 is 15.9 Å². The van der Waals surface area contributed by atoms with Gasteiger partial charge >= 0.3 is 5.97 Å². The van der Waals surface area contributed by atoms with Crippen LogP contribution in [0.4, 0.5) is 0 Å². The number of aryl methyl sites for hydroxylation is 1. The van der Waals surface area contributed by atoms with E-state index in [4.69, 9.17) is 15.9 Å². The standard InChI is InChI=1S/C10H13NO3/c1-6-2-3-7(5-12)8(4-6)9(11)10(13)14/h2-4,9,12H,5,11H2,1H3,(H,13,14)/t9-/m1/s1. The number of carboxylic acids is 1. The Morgan fingerprint density at radius 2 is 2.21 bits per heavy atom. The monoisotopic (exact) mass is 195 g/mol. The molecule has 4 N–H and O–H groups in total. The first-order valence-corrected chi connectivity index (χ1v) is 4.25. The van der Waals surface area contributed by atoms with Gasteiger partial charge in [-0.25, -0.2) is 0 Å². The van der Waals surface area contributed by atoms with Crippen molar-refractivity contribution >= 4 is 5.97 Å². The number of hydrogen-bond acceptors (Lipinski definition) is 3. The molecule has 0 aliphatic carbocycles. The van der Waals surface area contributed by atoms with Crippen molar-refractivity contribution in [1.82, 2.24) is 0 Å². The fourth-order valence-corrected chi connectivity index (χ4v) is 1.28. The largest absolute Gasteiger partial charge is 0.480 e. The number of carboxylic acid groups (broad SMARTS) is 1. The number of aliphatic hydroxyl groups is 1. The summed E-state index contributed by atoms with van der Waals surface area (Å²) in [6.45, 7) is 1.65. The summed E-state index contributed by atoms with van der Waals surface area (Å²) in [5.41, 5.74) is 7.43. The first-order chi connectivity index (χ1) is 6.56. The van der Waals surface area contributed by atoms with Gasteiger partial charge in [0.1, 0.15) is 6.04 Å². The Morgan fingerprint density at radius 1 is 1.57 bits per heavy atom. The van der Waals surface area contributed by atoms with Crippen LogP contribution in [0.3, 0.4) is 0 Å². The highest BCUT2D eigenvalue weighted by Crippen LogP contribution is 2.18. The van der Waals surface area contributed by atoms with E-state index in [1.165, 1.54) is 0 Å². The van der Waals surface area contributed by atoms with E-state index in [1.807, 2.05) is 13.0 Å². The summed E-state index contributed by atoms with van der Waals surface area (Å²) in [5.74, 6) is -1.09. The highest BCUT2D eigenvalue weighted by Gasteiger charge is 2.17. The Bertz CT molecular complexity index is 349. The number of rotatable bonds is 3. The molecular formula is C10H13NO3. The Kier molecular flexibility index (Phi) is 3.22. The molecule has 0 fully saturated rings. The second-order valence-electron chi connectivity index (χ2n) is 3.18. The van der Waals surface area contributed by atoms with Crippen LogP contribution in [0, 0.1) is 6.92 Å². The fourth-order valence-electron chi connectivity index (χ4n) is 1.28. The SMILES string of the molecule is Cc1ccc(CO)c([C@@H](N)C(=O)O)c1. The summed E-state index contributed by atoms with van der Waals surface area (Å²) in [5, 5.41) is 17.7. The molecule has 0 aliphatic rings. The molecule has 0 unspecified atom stereocenters. The van der Waals surface area contributed by atoms with Crippen molar-refractivity contribution in [2.75, 3.05) is 0 Å². The normalized spacial score (nSPS) is 12.5. The first-order valence-electron chi connectivity index (χ1n) is 4.25. The summed E-state index contributed by atoms with van der Waals surface area (Å²) in [7, 11) is 0. The van der Waals surface area contributed by atoms with E-state index < -0.39 is 12.0 Å². The Labute approximate surface area is 82.0 Å². The van der Waals surface area contributed by atoms with Gasteiger partial charge in [0.15, 0.2) is 0 Å². The highest BCUT2D eigenvalue weighted by atomic mass is 16.4. The van der Waals surface area contributed by atoms with Gasteiger partial charge in [-0.2, -0.15) is 0 Å². The number of nitrogens with two attached hydrogens (primary N) is 1. The van der Waals surface area contributed by atoms with Crippen molar-refractivity contribution in [1.29, 1.82) is 0 Å². The van der Waals surface area contributed by atoms with Crippen LogP contribution in [0.1, 0.15) is 22.7 Å². The van der Waals surface area contributed by atoms with Gasteiger partial charge in [0, 0.05) is 0 Å². The zero-order chi connectivity index (χ0) is 10.7. The lowest BCUT2D eigenvalue weighted by molar-refractivity contribution is -0.138. The molecule has 0 heterocycles. The molecule has 0 bridgehead atoms.